The molecule has 3 atom stereocenters. The Morgan fingerprint density at radius 3 is 2.76 bits per heavy atom. The molecule has 0 saturated heterocycles. The van der Waals surface area contributed by atoms with Gasteiger partial charge in [0.05, 0.1) is 33.5 Å². The number of H-pyrrole nitrogens is 1. The average Bonchev–Trinajstić information content (AvgIpc) is 3.38. The lowest BCUT2D eigenvalue weighted by Crippen LogP contribution is -2.35. The summed E-state index contributed by atoms with van der Waals surface area (Å²) in [5.41, 5.74) is 4.59. The number of rotatable bonds is 8. The first-order valence-electron chi connectivity index (χ1n) is 12.6. The summed E-state index contributed by atoms with van der Waals surface area (Å²) in [5, 5.41) is 17.5. The van der Waals surface area contributed by atoms with Crippen molar-refractivity contribution in [3.05, 3.63) is 90.1 Å². The molecule has 2 amide bonds. The molecule has 3 unspecified atom stereocenters. The Morgan fingerprint density at radius 2 is 1.95 bits per heavy atom. The van der Waals surface area contributed by atoms with Gasteiger partial charge in [0.2, 0.25) is 0 Å². The fourth-order valence-corrected chi connectivity index (χ4v) is 6.00. The maximum Gasteiger partial charge on any atom is 0.319 e. The first-order valence-corrected chi connectivity index (χ1v) is 14.0. The number of hydrogen-bond acceptors (Lipinski definition) is 4. The van der Waals surface area contributed by atoms with Crippen molar-refractivity contribution in [2.24, 2.45) is 0 Å². The molecule has 1 aliphatic heterocycles. The summed E-state index contributed by atoms with van der Waals surface area (Å²) in [5.74, 6) is 0.586. The minimum atomic E-state index is -1.07. The second-order valence-electron chi connectivity index (χ2n) is 9.41. The van der Waals surface area contributed by atoms with Crippen LogP contribution in [0.25, 0.3) is 10.9 Å². The van der Waals surface area contributed by atoms with Crippen LogP contribution in [0.5, 0.6) is 0 Å². The van der Waals surface area contributed by atoms with Gasteiger partial charge in [-0.15, -0.1) is 0 Å². The number of hydrogen-bond donors (Lipinski definition) is 4. The Balaban J connectivity index is 1.39. The van der Waals surface area contributed by atoms with Crippen LogP contribution in [-0.2, 0) is 17.3 Å². The fraction of sp³-hybridized carbons (Fsp3) is 0.276. The molecule has 4 aromatic rings. The van der Waals surface area contributed by atoms with E-state index in [0.29, 0.717) is 37.4 Å². The summed E-state index contributed by atoms with van der Waals surface area (Å²) in [6.07, 6.45) is 2.26. The van der Waals surface area contributed by atoms with Gasteiger partial charge in [0.15, 0.2) is 0 Å². The van der Waals surface area contributed by atoms with E-state index in [1.54, 1.807) is 0 Å². The van der Waals surface area contributed by atoms with Gasteiger partial charge in [0.1, 0.15) is 0 Å². The van der Waals surface area contributed by atoms with Crippen molar-refractivity contribution in [3.8, 4) is 0 Å². The van der Waals surface area contributed by atoms with Gasteiger partial charge < -0.3 is 25.6 Å². The average molecular weight is 517 g/mol. The second kappa shape index (κ2) is 11.2. The maximum absolute atomic E-state index is 13.0. The first kappa shape index (κ1) is 25.0. The molecular weight excluding hydrogens is 484 g/mol. The highest BCUT2D eigenvalue weighted by molar-refractivity contribution is 7.85. The normalized spacial score (nSPS) is 16.7. The van der Waals surface area contributed by atoms with Crippen molar-refractivity contribution in [1.82, 2.24) is 10.3 Å². The van der Waals surface area contributed by atoms with Crippen molar-refractivity contribution in [1.29, 1.82) is 0 Å². The lowest BCUT2D eigenvalue weighted by Gasteiger charge is -2.32. The van der Waals surface area contributed by atoms with Crippen molar-refractivity contribution in [2.75, 3.05) is 22.5 Å². The summed E-state index contributed by atoms with van der Waals surface area (Å²) in [4.78, 5) is 19.2. The zero-order chi connectivity index (χ0) is 25.8. The SMILES string of the molecule is CCC(O)CC(NC(=O)Nc1ccc2cc[nH]c2c1)c1ccc2c(c1)N(Cc1ccccc1)CCS2=O. The number of fused-ring (bicyclic) bond motifs is 2. The number of aromatic nitrogens is 1. The molecule has 2 heterocycles. The van der Waals surface area contributed by atoms with Gasteiger partial charge in [-0.25, -0.2) is 4.79 Å². The van der Waals surface area contributed by atoms with Crippen LogP contribution in [0, 0.1) is 0 Å². The summed E-state index contributed by atoms with van der Waals surface area (Å²) in [6.45, 7) is 3.33. The number of aliphatic hydroxyl groups excluding tert-OH is 1. The number of carbonyl (C=O) groups is 1. The molecule has 3 aromatic carbocycles. The Bertz CT molecular complexity index is 1400. The number of aliphatic hydroxyl groups is 1. The van der Waals surface area contributed by atoms with Crippen molar-refractivity contribution in [2.45, 2.75) is 43.4 Å². The van der Waals surface area contributed by atoms with Gasteiger partial charge in [-0.1, -0.05) is 49.4 Å². The van der Waals surface area contributed by atoms with Crippen LogP contribution in [0.1, 0.15) is 36.9 Å². The molecular formula is C29H32N4O3S. The van der Waals surface area contributed by atoms with Crippen LogP contribution in [0.2, 0.25) is 0 Å². The van der Waals surface area contributed by atoms with E-state index in [1.165, 1.54) is 5.56 Å². The molecule has 0 fully saturated rings. The lowest BCUT2D eigenvalue weighted by atomic mass is 9.98. The molecule has 1 aromatic heterocycles. The number of nitrogens with zero attached hydrogens (tertiary/aromatic N) is 1. The molecule has 0 saturated carbocycles. The van der Waals surface area contributed by atoms with Gasteiger partial charge in [-0.05, 0) is 59.7 Å². The standard InChI is InChI=1S/C29H32N4O3S/c1-2-24(34)18-26(32-29(35)31-23-10-8-21-12-13-30-25(21)17-23)22-9-11-28-27(16-22)33(14-15-37(28)36)19-20-6-4-3-5-7-20/h3-13,16-17,24,26,30,34H,2,14-15,18-19H2,1H3,(H2,31,32,35). The Morgan fingerprint density at radius 1 is 1.11 bits per heavy atom. The predicted molar refractivity (Wildman–Crippen MR) is 149 cm³/mol. The third kappa shape index (κ3) is 5.87. The van der Waals surface area contributed by atoms with Crippen molar-refractivity contribution >= 4 is 39.1 Å². The number of nitrogens with one attached hydrogen (secondary N) is 3. The van der Waals surface area contributed by atoms with E-state index in [4.69, 9.17) is 0 Å². The zero-order valence-corrected chi connectivity index (χ0v) is 21.6. The molecule has 1 aliphatic rings. The molecule has 37 heavy (non-hydrogen) atoms. The Hall–Kier alpha value is -3.62. The van der Waals surface area contributed by atoms with Crippen LogP contribution in [0.4, 0.5) is 16.2 Å². The molecule has 8 heteroatoms. The third-order valence-electron chi connectivity index (χ3n) is 6.83. The van der Waals surface area contributed by atoms with Crippen molar-refractivity contribution in [3.63, 3.8) is 0 Å². The highest BCUT2D eigenvalue weighted by Crippen LogP contribution is 2.33. The fourth-order valence-electron chi connectivity index (χ4n) is 4.75. The monoisotopic (exact) mass is 516 g/mol. The Kier molecular flexibility index (Phi) is 7.58. The predicted octanol–water partition coefficient (Wildman–Crippen LogP) is 5.32. The zero-order valence-electron chi connectivity index (χ0n) is 20.8. The summed E-state index contributed by atoms with van der Waals surface area (Å²) >= 11 is 0. The molecule has 0 bridgehead atoms. The molecule has 0 aliphatic carbocycles. The van der Waals surface area contributed by atoms with E-state index >= 15 is 0 Å². The molecule has 0 radical (unpaired) electrons. The van der Waals surface area contributed by atoms with E-state index in [-0.39, 0.29) is 6.03 Å². The highest BCUT2D eigenvalue weighted by atomic mass is 32.2. The second-order valence-corrected chi connectivity index (χ2v) is 11.0. The molecule has 0 spiro atoms. The van der Waals surface area contributed by atoms with E-state index in [9.17, 15) is 14.1 Å². The summed E-state index contributed by atoms with van der Waals surface area (Å²) < 4.78 is 12.8. The Labute approximate surface area is 219 Å². The van der Waals surface area contributed by atoms with Gasteiger partial charge in [-0.3, -0.25) is 4.21 Å². The minimum absolute atomic E-state index is 0.346. The maximum atomic E-state index is 13.0. The van der Waals surface area contributed by atoms with Crippen LogP contribution >= 0.6 is 0 Å². The number of anilines is 2. The molecule has 192 valence electrons. The number of urea groups is 1. The number of benzene rings is 3. The first-order chi connectivity index (χ1) is 18.0. The van der Waals surface area contributed by atoms with Crippen LogP contribution in [0.15, 0.2) is 83.9 Å². The number of amides is 2. The van der Waals surface area contributed by atoms with Crippen LogP contribution in [-0.4, -0.2) is 38.7 Å². The highest BCUT2D eigenvalue weighted by Gasteiger charge is 2.25. The van der Waals surface area contributed by atoms with E-state index in [2.05, 4.69) is 32.7 Å². The molecule has 4 N–H and O–H groups in total. The van der Waals surface area contributed by atoms with E-state index in [0.717, 1.165) is 27.0 Å². The van der Waals surface area contributed by atoms with Gasteiger partial charge >= 0.3 is 6.03 Å². The third-order valence-corrected chi connectivity index (χ3v) is 8.22. The quantitative estimate of drug-likeness (QED) is 0.255. The number of carbonyl (C=O) groups excluding carboxylic acids is 1. The van der Waals surface area contributed by atoms with Crippen molar-refractivity contribution < 1.29 is 14.1 Å². The van der Waals surface area contributed by atoms with Crippen LogP contribution in [0.3, 0.4) is 0 Å². The van der Waals surface area contributed by atoms with E-state index in [1.807, 2.05) is 73.8 Å². The number of aromatic amines is 1. The summed E-state index contributed by atoms with van der Waals surface area (Å²) in [6, 6.07) is 23.0. The van der Waals surface area contributed by atoms with Gasteiger partial charge in [-0.2, -0.15) is 0 Å². The van der Waals surface area contributed by atoms with E-state index < -0.39 is 22.9 Å². The summed E-state index contributed by atoms with van der Waals surface area (Å²) in [7, 11) is -1.07. The van der Waals surface area contributed by atoms with Crippen LogP contribution < -0.4 is 15.5 Å². The largest absolute Gasteiger partial charge is 0.393 e. The topological polar surface area (TPSA) is 97.5 Å². The smallest absolute Gasteiger partial charge is 0.319 e. The minimum Gasteiger partial charge on any atom is -0.393 e. The molecule has 7 nitrogen and oxygen atoms in total. The molecule has 5 rings (SSSR count). The lowest BCUT2D eigenvalue weighted by molar-refractivity contribution is 0.146. The van der Waals surface area contributed by atoms with Gasteiger partial charge in [0, 0.05) is 36.2 Å². The van der Waals surface area contributed by atoms with Gasteiger partial charge in [0.25, 0.3) is 0 Å².